The Hall–Kier alpha value is -1.08. The van der Waals surface area contributed by atoms with Crippen LogP contribution in [0.3, 0.4) is 0 Å². The molecule has 0 saturated carbocycles. The highest BCUT2D eigenvalue weighted by Gasteiger charge is 2.15. The van der Waals surface area contributed by atoms with Gasteiger partial charge in [-0.2, -0.15) is 5.26 Å². The van der Waals surface area contributed by atoms with Gasteiger partial charge in [0.15, 0.2) is 0 Å². The maximum Gasteiger partial charge on any atom is 0.0992 e. The number of aliphatic hydroxyl groups is 1. The summed E-state index contributed by atoms with van der Waals surface area (Å²) in [6.45, 7) is 1.60. The molecular weight excluding hydrogens is 200 g/mol. The van der Waals surface area contributed by atoms with E-state index in [0.717, 1.165) is 0 Å². The minimum absolute atomic E-state index is 0.414. The Labute approximate surface area is 87.7 Å². The Morgan fingerprint density at radius 2 is 2.21 bits per heavy atom. The SMILES string of the molecule is C[C@@H](O)[C@@H](N)c1ccc(C#N)cc1Cl. The number of aliphatic hydroxyl groups excluding tert-OH is 1. The van der Waals surface area contributed by atoms with E-state index >= 15 is 0 Å². The largest absolute Gasteiger partial charge is 0.391 e. The molecule has 0 fully saturated rings. The molecule has 0 aliphatic carbocycles. The first-order valence-corrected chi connectivity index (χ1v) is 4.57. The Morgan fingerprint density at radius 3 is 2.64 bits per heavy atom. The van der Waals surface area contributed by atoms with Gasteiger partial charge in [0.25, 0.3) is 0 Å². The van der Waals surface area contributed by atoms with Crippen LogP contribution in [0.5, 0.6) is 0 Å². The van der Waals surface area contributed by atoms with E-state index in [0.29, 0.717) is 16.1 Å². The Balaban J connectivity index is 3.07. The van der Waals surface area contributed by atoms with Gasteiger partial charge < -0.3 is 10.8 Å². The van der Waals surface area contributed by atoms with Crippen molar-refractivity contribution in [3.05, 3.63) is 34.3 Å². The molecule has 74 valence electrons. The number of nitriles is 1. The summed E-state index contributed by atoms with van der Waals surface area (Å²) in [5.74, 6) is 0. The number of nitrogens with zero attached hydrogens (tertiary/aromatic N) is 1. The molecule has 0 unspecified atom stereocenters. The van der Waals surface area contributed by atoms with Crippen LogP contribution < -0.4 is 5.73 Å². The Morgan fingerprint density at radius 1 is 1.57 bits per heavy atom. The van der Waals surface area contributed by atoms with Gasteiger partial charge in [-0.25, -0.2) is 0 Å². The molecule has 2 atom stereocenters. The average molecular weight is 211 g/mol. The van der Waals surface area contributed by atoms with Crippen LogP contribution in [0.2, 0.25) is 5.02 Å². The molecule has 3 nitrogen and oxygen atoms in total. The predicted molar refractivity (Wildman–Crippen MR) is 54.8 cm³/mol. The fourth-order valence-corrected chi connectivity index (χ4v) is 1.43. The summed E-state index contributed by atoms with van der Waals surface area (Å²) in [4.78, 5) is 0. The molecule has 0 bridgehead atoms. The molecule has 0 aliphatic rings. The molecule has 3 N–H and O–H groups in total. The fourth-order valence-electron chi connectivity index (χ4n) is 1.13. The third kappa shape index (κ3) is 2.24. The van der Waals surface area contributed by atoms with Crippen LogP contribution in [0.25, 0.3) is 0 Å². The standard InChI is InChI=1S/C10H11ClN2O/c1-6(14)10(13)8-3-2-7(5-12)4-9(8)11/h2-4,6,10,14H,13H2,1H3/t6-,10-/m1/s1. The van der Waals surface area contributed by atoms with Crippen molar-refractivity contribution in [3.8, 4) is 6.07 Å². The highest BCUT2D eigenvalue weighted by molar-refractivity contribution is 6.31. The Kier molecular flexibility index (Phi) is 3.48. The van der Waals surface area contributed by atoms with Crippen molar-refractivity contribution >= 4 is 11.6 Å². The average Bonchev–Trinajstić information content (AvgIpc) is 2.16. The van der Waals surface area contributed by atoms with Crippen molar-refractivity contribution in [2.75, 3.05) is 0 Å². The minimum atomic E-state index is -0.666. The van der Waals surface area contributed by atoms with Gasteiger partial charge in [-0.1, -0.05) is 17.7 Å². The molecule has 4 heteroatoms. The normalized spacial score (nSPS) is 14.5. The van der Waals surface area contributed by atoms with Crippen LogP contribution in [0.15, 0.2) is 18.2 Å². The maximum atomic E-state index is 9.28. The molecule has 0 aliphatic heterocycles. The maximum absolute atomic E-state index is 9.28. The van der Waals surface area contributed by atoms with E-state index in [1.165, 1.54) is 0 Å². The van der Waals surface area contributed by atoms with Crippen LogP contribution in [0.1, 0.15) is 24.1 Å². The summed E-state index contributed by atoms with van der Waals surface area (Å²) in [5, 5.41) is 18.3. The van der Waals surface area contributed by atoms with Crippen LogP contribution in [-0.4, -0.2) is 11.2 Å². The van der Waals surface area contributed by atoms with E-state index in [4.69, 9.17) is 22.6 Å². The molecule has 0 heterocycles. The fraction of sp³-hybridized carbons (Fsp3) is 0.300. The first-order valence-electron chi connectivity index (χ1n) is 4.19. The number of benzene rings is 1. The van der Waals surface area contributed by atoms with E-state index in [-0.39, 0.29) is 0 Å². The van der Waals surface area contributed by atoms with Crippen molar-refractivity contribution in [3.63, 3.8) is 0 Å². The molecule has 0 amide bonds. The molecule has 14 heavy (non-hydrogen) atoms. The number of rotatable bonds is 2. The lowest BCUT2D eigenvalue weighted by molar-refractivity contribution is 0.164. The summed E-state index contributed by atoms with van der Waals surface area (Å²) in [6.07, 6.45) is -0.666. The number of nitrogens with two attached hydrogens (primary N) is 1. The zero-order chi connectivity index (χ0) is 10.7. The lowest BCUT2D eigenvalue weighted by Crippen LogP contribution is -2.23. The van der Waals surface area contributed by atoms with Gasteiger partial charge >= 0.3 is 0 Å². The van der Waals surface area contributed by atoms with Gasteiger partial charge in [-0.05, 0) is 24.6 Å². The summed E-state index contributed by atoms with van der Waals surface area (Å²) in [6, 6.07) is 6.29. The summed E-state index contributed by atoms with van der Waals surface area (Å²) in [5.41, 5.74) is 6.85. The lowest BCUT2D eigenvalue weighted by atomic mass is 10.0. The predicted octanol–water partition coefficient (Wildman–Crippen LogP) is 1.59. The highest BCUT2D eigenvalue weighted by atomic mass is 35.5. The summed E-state index contributed by atoms with van der Waals surface area (Å²) >= 11 is 5.90. The quantitative estimate of drug-likeness (QED) is 0.779. The lowest BCUT2D eigenvalue weighted by Gasteiger charge is -2.16. The third-order valence-electron chi connectivity index (χ3n) is 2.01. The highest BCUT2D eigenvalue weighted by Crippen LogP contribution is 2.24. The Bertz CT molecular complexity index is 371. The topological polar surface area (TPSA) is 70.0 Å². The van der Waals surface area contributed by atoms with Gasteiger partial charge in [0.2, 0.25) is 0 Å². The van der Waals surface area contributed by atoms with E-state index in [1.54, 1.807) is 25.1 Å². The van der Waals surface area contributed by atoms with Crippen LogP contribution in [0.4, 0.5) is 0 Å². The van der Waals surface area contributed by atoms with Crippen molar-refractivity contribution in [1.29, 1.82) is 5.26 Å². The number of hydrogen-bond donors (Lipinski definition) is 2. The van der Waals surface area contributed by atoms with Gasteiger partial charge in [-0.15, -0.1) is 0 Å². The summed E-state index contributed by atoms with van der Waals surface area (Å²) in [7, 11) is 0. The van der Waals surface area contributed by atoms with Crippen LogP contribution >= 0.6 is 11.6 Å². The van der Waals surface area contributed by atoms with Crippen LogP contribution in [0, 0.1) is 11.3 Å². The van der Waals surface area contributed by atoms with Gasteiger partial charge in [0, 0.05) is 5.02 Å². The molecular formula is C10H11ClN2O. The van der Waals surface area contributed by atoms with Gasteiger partial charge in [-0.3, -0.25) is 0 Å². The second kappa shape index (κ2) is 4.43. The van der Waals surface area contributed by atoms with Crippen molar-refractivity contribution in [2.24, 2.45) is 5.73 Å². The third-order valence-corrected chi connectivity index (χ3v) is 2.34. The zero-order valence-corrected chi connectivity index (χ0v) is 8.49. The molecule has 1 aromatic rings. The first-order chi connectivity index (χ1) is 6.56. The van der Waals surface area contributed by atoms with Crippen LogP contribution in [-0.2, 0) is 0 Å². The smallest absolute Gasteiger partial charge is 0.0992 e. The molecule has 0 aromatic heterocycles. The second-order valence-electron chi connectivity index (χ2n) is 3.11. The van der Waals surface area contributed by atoms with E-state index < -0.39 is 12.1 Å². The van der Waals surface area contributed by atoms with E-state index in [2.05, 4.69) is 0 Å². The molecule has 0 radical (unpaired) electrons. The summed E-state index contributed by atoms with van der Waals surface area (Å²) < 4.78 is 0. The van der Waals surface area contributed by atoms with E-state index in [9.17, 15) is 5.11 Å². The molecule has 0 spiro atoms. The van der Waals surface area contributed by atoms with E-state index in [1.807, 2.05) is 6.07 Å². The molecule has 1 aromatic carbocycles. The zero-order valence-electron chi connectivity index (χ0n) is 7.74. The van der Waals surface area contributed by atoms with Gasteiger partial charge in [0.05, 0.1) is 23.8 Å². The van der Waals surface area contributed by atoms with Gasteiger partial charge in [0.1, 0.15) is 0 Å². The van der Waals surface area contributed by atoms with Crippen molar-refractivity contribution < 1.29 is 5.11 Å². The monoisotopic (exact) mass is 210 g/mol. The molecule has 0 saturated heterocycles. The number of hydrogen-bond acceptors (Lipinski definition) is 3. The number of halogens is 1. The second-order valence-corrected chi connectivity index (χ2v) is 3.52. The minimum Gasteiger partial charge on any atom is -0.391 e. The van der Waals surface area contributed by atoms with Crippen molar-refractivity contribution in [2.45, 2.75) is 19.1 Å². The first kappa shape index (κ1) is 11.0. The molecule has 1 rings (SSSR count). The van der Waals surface area contributed by atoms with Crippen molar-refractivity contribution in [1.82, 2.24) is 0 Å².